The van der Waals surface area contributed by atoms with E-state index in [0.717, 1.165) is 5.56 Å². The molecule has 1 heterocycles. The molecule has 3 aliphatic carbocycles. The van der Waals surface area contributed by atoms with E-state index >= 15 is 0 Å². The lowest BCUT2D eigenvalue weighted by Gasteiger charge is -2.50. The highest BCUT2D eigenvalue weighted by molar-refractivity contribution is 6.24. The summed E-state index contributed by atoms with van der Waals surface area (Å²) in [6.07, 6.45) is 0.203. The predicted molar refractivity (Wildman–Crippen MR) is 136 cm³/mol. The zero-order valence-electron chi connectivity index (χ0n) is 21.1. The first-order valence-corrected chi connectivity index (χ1v) is 12.4. The van der Waals surface area contributed by atoms with Crippen molar-refractivity contribution in [2.24, 2.45) is 17.6 Å². The molecule has 0 saturated heterocycles. The molecule has 0 bridgehead atoms. The molecule has 2 aromatic rings. The van der Waals surface area contributed by atoms with E-state index in [2.05, 4.69) is 0 Å². The van der Waals surface area contributed by atoms with Crippen molar-refractivity contribution in [3.05, 3.63) is 58.4 Å². The molecule has 39 heavy (non-hydrogen) atoms. The van der Waals surface area contributed by atoms with E-state index < -0.39 is 58.0 Å². The van der Waals surface area contributed by atoms with Crippen molar-refractivity contribution in [1.82, 2.24) is 4.90 Å². The van der Waals surface area contributed by atoms with Crippen LogP contribution in [0.15, 0.2) is 47.2 Å². The number of fused-ring (bicyclic) bond motifs is 4. The number of Topliss-reactive ketones (excluding diaryl/α,β-unsaturated/α-hetero) is 2. The van der Waals surface area contributed by atoms with Gasteiger partial charge in [-0.15, -0.1) is 0 Å². The van der Waals surface area contributed by atoms with Crippen LogP contribution in [-0.4, -0.2) is 75.3 Å². The largest absolute Gasteiger partial charge is 0.508 e. The molecule has 1 fully saturated rings. The minimum absolute atomic E-state index is 0.0159. The van der Waals surface area contributed by atoms with E-state index in [1.165, 1.54) is 11.0 Å². The fourth-order valence-electron chi connectivity index (χ4n) is 6.58. The topological polar surface area (TPSA) is 180 Å². The number of aromatic hydroxyl groups is 1. The average molecular weight is 535 g/mol. The number of phenols is 1. The molecule has 11 nitrogen and oxygen atoms in total. The van der Waals surface area contributed by atoms with Gasteiger partial charge in [0.05, 0.1) is 11.6 Å². The number of hydrogen-bond donors (Lipinski definition) is 5. The van der Waals surface area contributed by atoms with Crippen LogP contribution in [0, 0.1) is 11.8 Å². The van der Waals surface area contributed by atoms with E-state index in [-0.39, 0.29) is 36.5 Å². The van der Waals surface area contributed by atoms with E-state index in [1.54, 1.807) is 32.3 Å². The first-order chi connectivity index (χ1) is 18.5. The number of aliphatic hydroxyl groups is 3. The Morgan fingerprint density at radius 3 is 2.49 bits per heavy atom. The fraction of sp³-hybridized carbons (Fsp3) is 0.321. The second-order valence-corrected chi connectivity index (χ2v) is 10.5. The molecule has 0 aromatic heterocycles. The highest BCUT2D eigenvalue weighted by Crippen LogP contribution is 2.54. The van der Waals surface area contributed by atoms with Gasteiger partial charge in [0, 0.05) is 11.5 Å². The third-order valence-electron chi connectivity index (χ3n) is 8.29. The summed E-state index contributed by atoms with van der Waals surface area (Å²) in [6.45, 7) is 0.0956. The van der Waals surface area contributed by atoms with Crippen molar-refractivity contribution in [2.75, 3.05) is 20.9 Å². The van der Waals surface area contributed by atoms with E-state index in [0.29, 0.717) is 22.6 Å². The third-order valence-corrected chi connectivity index (χ3v) is 8.29. The molecular weight excluding hydrogens is 508 g/mol. The van der Waals surface area contributed by atoms with Crippen molar-refractivity contribution >= 4 is 23.2 Å². The number of hydrogen-bond acceptors (Lipinski definition) is 10. The molecule has 4 atom stereocenters. The maximum Gasteiger partial charge on any atom is 0.255 e. The number of nitrogens with two attached hydrogens (primary N) is 1. The highest BCUT2D eigenvalue weighted by Gasteiger charge is 2.64. The number of rotatable bonds is 3. The number of nitrogens with zero attached hydrogens (tertiary/aromatic N) is 1. The Bertz CT molecular complexity index is 1560. The summed E-state index contributed by atoms with van der Waals surface area (Å²) in [4.78, 5) is 40.7. The number of likely N-dealkylation sites (N-methyl/N-ethyl adjacent to an activating group) is 1. The van der Waals surface area contributed by atoms with Gasteiger partial charge in [0.1, 0.15) is 22.8 Å². The number of primary amides is 1. The minimum atomic E-state index is -2.67. The summed E-state index contributed by atoms with van der Waals surface area (Å²) in [5, 5.41) is 44.8. The molecule has 0 unspecified atom stereocenters. The lowest BCUT2D eigenvalue weighted by molar-refractivity contribution is -0.153. The molecule has 1 amide bonds. The van der Waals surface area contributed by atoms with Gasteiger partial charge in [-0.25, -0.2) is 0 Å². The molecule has 4 aliphatic rings. The number of ether oxygens (including phenoxy) is 2. The number of carbonyl (C=O) groups excluding carboxylic acids is 3. The van der Waals surface area contributed by atoms with E-state index in [4.69, 9.17) is 15.2 Å². The number of aliphatic hydroxyl groups excluding tert-OH is 2. The van der Waals surface area contributed by atoms with Crippen molar-refractivity contribution in [3.63, 3.8) is 0 Å². The second kappa shape index (κ2) is 8.32. The molecular formula is C28H26N2O9. The van der Waals surface area contributed by atoms with Crippen molar-refractivity contribution in [1.29, 1.82) is 0 Å². The molecule has 0 radical (unpaired) electrons. The first kappa shape index (κ1) is 25.0. The summed E-state index contributed by atoms with van der Waals surface area (Å²) in [5.74, 6) is -5.70. The van der Waals surface area contributed by atoms with E-state index in [9.17, 15) is 34.8 Å². The molecule has 11 heteroatoms. The molecule has 6 N–H and O–H groups in total. The number of carbonyl (C=O) groups is 3. The Labute approximate surface area is 222 Å². The lowest BCUT2D eigenvalue weighted by Crippen LogP contribution is -2.65. The maximum absolute atomic E-state index is 13.9. The van der Waals surface area contributed by atoms with Gasteiger partial charge >= 0.3 is 0 Å². The lowest BCUT2D eigenvalue weighted by atomic mass is 9.57. The van der Waals surface area contributed by atoms with Crippen LogP contribution in [0.1, 0.15) is 17.5 Å². The van der Waals surface area contributed by atoms with Crippen molar-refractivity contribution in [2.45, 2.75) is 24.5 Å². The highest BCUT2D eigenvalue weighted by atomic mass is 16.7. The van der Waals surface area contributed by atoms with Crippen LogP contribution in [0.5, 0.6) is 17.2 Å². The number of benzene rings is 2. The van der Waals surface area contributed by atoms with Gasteiger partial charge in [0.2, 0.25) is 12.6 Å². The molecule has 202 valence electrons. The second-order valence-electron chi connectivity index (χ2n) is 10.5. The predicted octanol–water partition coefficient (Wildman–Crippen LogP) is 1.36. The van der Waals surface area contributed by atoms with Gasteiger partial charge in [-0.3, -0.25) is 19.3 Å². The van der Waals surface area contributed by atoms with Crippen LogP contribution in [0.4, 0.5) is 0 Å². The van der Waals surface area contributed by atoms with Crippen molar-refractivity contribution in [3.8, 4) is 28.4 Å². The Balaban J connectivity index is 1.54. The first-order valence-electron chi connectivity index (χ1n) is 12.4. The summed E-state index contributed by atoms with van der Waals surface area (Å²) >= 11 is 0. The standard InChI is InChI=1S/C28H26N2O9/c1-30(2)22-15-8-12-7-14-13(11-3-6-17-18(9-11)39-10-38-17)4-5-16(31)20(14)23(32)19(12)25(34)28(15,37)26(35)21(24(22)33)27(29)36/h3-6,9,12,15,22,31-32,35,37H,7-8,10H2,1-2H3,(H2,29,36)/t12-,15-,22-,28+/m1/s1. The maximum atomic E-state index is 13.9. The van der Waals surface area contributed by atoms with Gasteiger partial charge < -0.3 is 35.6 Å². The summed E-state index contributed by atoms with van der Waals surface area (Å²) in [5.41, 5.74) is 3.66. The number of ketones is 2. The number of amides is 1. The van der Waals surface area contributed by atoms with Gasteiger partial charge in [0.15, 0.2) is 22.9 Å². The van der Waals surface area contributed by atoms with Crippen LogP contribution in [0.25, 0.3) is 16.9 Å². The Kier molecular flexibility index (Phi) is 5.33. The fourth-order valence-corrected chi connectivity index (χ4v) is 6.58. The Morgan fingerprint density at radius 1 is 1.08 bits per heavy atom. The summed E-state index contributed by atoms with van der Waals surface area (Å²) in [6, 6.07) is 7.31. The molecule has 1 saturated carbocycles. The van der Waals surface area contributed by atoms with E-state index in [1.807, 2.05) is 6.07 Å². The zero-order valence-corrected chi connectivity index (χ0v) is 21.1. The van der Waals surface area contributed by atoms with Crippen LogP contribution in [-0.2, 0) is 20.8 Å². The third kappa shape index (κ3) is 3.26. The summed E-state index contributed by atoms with van der Waals surface area (Å²) in [7, 11) is 3.12. The van der Waals surface area contributed by atoms with Crippen molar-refractivity contribution < 1.29 is 44.3 Å². The number of phenolic OH excluding ortho intramolecular Hbond substituents is 1. The zero-order chi connectivity index (χ0) is 28.0. The molecule has 6 rings (SSSR count). The van der Waals surface area contributed by atoms with Gasteiger partial charge in [-0.05, 0) is 67.7 Å². The molecule has 0 spiro atoms. The van der Waals surface area contributed by atoms with Crippen LogP contribution in [0.2, 0.25) is 0 Å². The van der Waals surface area contributed by atoms with Crippen LogP contribution < -0.4 is 15.2 Å². The quantitative estimate of drug-likeness (QED) is 0.361. The molecule has 1 aliphatic heterocycles. The van der Waals surface area contributed by atoms with Crippen LogP contribution in [0.3, 0.4) is 0 Å². The SMILES string of the molecule is CN(C)[C@H]1C(=O)C(C(N)=O)=C(O)[C@@]2(O)C(=O)C3=C(O)c4c(O)ccc(-c5ccc6c(c5)OCO6)c4C[C@@H]3C[C@H]12. The van der Waals surface area contributed by atoms with Gasteiger partial charge in [-0.2, -0.15) is 0 Å². The Morgan fingerprint density at radius 2 is 1.79 bits per heavy atom. The smallest absolute Gasteiger partial charge is 0.255 e. The normalized spacial score (nSPS) is 27.4. The average Bonchev–Trinajstić information content (AvgIpc) is 3.34. The molecule has 2 aromatic carbocycles. The van der Waals surface area contributed by atoms with Gasteiger partial charge in [-0.1, -0.05) is 12.1 Å². The Hall–Kier alpha value is -4.35. The minimum Gasteiger partial charge on any atom is -0.508 e. The van der Waals surface area contributed by atoms with Crippen LogP contribution >= 0.6 is 0 Å². The summed E-state index contributed by atoms with van der Waals surface area (Å²) < 4.78 is 10.9. The van der Waals surface area contributed by atoms with Gasteiger partial charge in [0.25, 0.3) is 5.91 Å². The monoisotopic (exact) mass is 534 g/mol.